The molecule has 2 N–H and O–H groups in total. The van der Waals surface area contributed by atoms with Crippen LogP contribution in [0.4, 0.5) is 0 Å². The molecule has 0 saturated carbocycles. The molecule has 1 aliphatic heterocycles. The summed E-state index contributed by atoms with van der Waals surface area (Å²) in [7, 11) is 1.80. The Morgan fingerprint density at radius 2 is 1.73 bits per heavy atom. The normalized spacial score (nSPS) is 16.0. The fourth-order valence-corrected chi connectivity index (χ4v) is 2.99. The molecule has 0 radical (unpaired) electrons. The molecule has 1 aromatic carbocycles. The van der Waals surface area contributed by atoms with Crippen molar-refractivity contribution >= 4 is 23.5 Å². The smallest absolute Gasteiger partial charge is 0.222 e. The van der Waals surface area contributed by atoms with Crippen LogP contribution in [0.15, 0.2) is 29.3 Å². The number of halogens is 1. The minimum atomic E-state index is 0.0167. The first kappa shape index (κ1) is 20.5. The number of piperazine rings is 1. The summed E-state index contributed by atoms with van der Waals surface area (Å²) < 4.78 is 0. The number of benzene rings is 1. The van der Waals surface area contributed by atoms with Crippen molar-refractivity contribution in [3.63, 3.8) is 0 Å². The van der Waals surface area contributed by atoms with Crippen LogP contribution in [0.25, 0.3) is 0 Å². The third-order valence-corrected chi connectivity index (χ3v) is 4.69. The average molecular weight is 380 g/mol. The summed E-state index contributed by atoms with van der Waals surface area (Å²) in [6.07, 6.45) is 0. The molecule has 0 aliphatic carbocycles. The van der Waals surface area contributed by atoms with E-state index in [4.69, 9.17) is 11.6 Å². The molecule has 26 heavy (non-hydrogen) atoms. The number of hydrogen-bond acceptors (Lipinski definition) is 3. The van der Waals surface area contributed by atoms with Gasteiger partial charge in [-0.05, 0) is 17.7 Å². The van der Waals surface area contributed by atoms with Gasteiger partial charge in [-0.15, -0.1) is 0 Å². The van der Waals surface area contributed by atoms with Gasteiger partial charge in [0.05, 0.1) is 0 Å². The molecule has 0 unspecified atom stereocenters. The maximum absolute atomic E-state index is 11.6. The number of nitrogens with zero attached hydrogens (tertiary/aromatic N) is 3. The molecule has 1 heterocycles. The van der Waals surface area contributed by atoms with Crippen LogP contribution < -0.4 is 10.6 Å². The van der Waals surface area contributed by atoms with Gasteiger partial charge in [-0.1, -0.05) is 37.6 Å². The summed E-state index contributed by atoms with van der Waals surface area (Å²) in [5, 5.41) is 7.02. The van der Waals surface area contributed by atoms with Gasteiger partial charge in [0.2, 0.25) is 5.91 Å². The third-order valence-electron chi connectivity index (χ3n) is 4.43. The Morgan fingerprint density at radius 3 is 2.31 bits per heavy atom. The van der Waals surface area contributed by atoms with Crippen molar-refractivity contribution in [2.24, 2.45) is 10.9 Å². The maximum atomic E-state index is 11.6. The quantitative estimate of drug-likeness (QED) is 0.449. The Balaban J connectivity index is 1.71. The van der Waals surface area contributed by atoms with Crippen LogP contribution in [0.5, 0.6) is 0 Å². The summed E-state index contributed by atoms with van der Waals surface area (Å²) in [4.78, 5) is 20.6. The number of amides is 1. The highest BCUT2D eigenvalue weighted by atomic mass is 35.5. The first-order valence-corrected chi connectivity index (χ1v) is 9.57. The van der Waals surface area contributed by atoms with Gasteiger partial charge in [-0.2, -0.15) is 0 Å². The molecule has 1 aromatic rings. The van der Waals surface area contributed by atoms with Crippen molar-refractivity contribution in [3.8, 4) is 0 Å². The van der Waals surface area contributed by atoms with Gasteiger partial charge in [0.1, 0.15) is 0 Å². The molecule has 0 spiro atoms. The second kappa shape index (κ2) is 10.4. The van der Waals surface area contributed by atoms with Gasteiger partial charge < -0.3 is 15.5 Å². The van der Waals surface area contributed by atoms with Gasteiger partial charge in [0, 0.05) is 63.8 Å². The van der Waals surface area contributed by atoms with E-state index in [1.54, 1.807) is 7.05 Å². The molecule has 0 bridgehead atoms. The number of guanidine groups is 1. The lowest BCUT2D eigenvalue weighted by atomic mass is 10.2. The predicted octanol–water partition coefficient (Wildman–Crippen LogP) is 1.81. The number of carbonyl (C=O) groups is 1. The summed E-state index contributed by atoms with van der Waals surface area (Å²) in [6.45, 7) is 9.87. The zero-order valence-corrected chi connectivity index (χ0v) is 16.7. The van der Waals surface area contributed by atoms with Crippen molar-refractivity contribution in [3.05, 3.63) is 34.9 Å². The topological polar surface area (TPSA) is 60.0 Å². The zero-order valence-electron chi connectivity index (χ0n) is 16.0. The van der Waals surface area contributed by atoms with E-state index in [0.29, 0.717) is 13.1 Å². The Labute approximate surface area is 161 Å². The molecule has 0 aromatic heterocycles. The van der Waals surface area contributed by atoms with Crippen LogP contribution in [0.1, 0.15) is 19.4 Å². The molecule has 144 valence electrons. The lowest BCUT2D eigenvalue weighted by molar-refractivity contribution is -0.123. The van der Waals surface area contributed by atoms with Gasteiger partial charge >= 0.3 is 0 Å². The number of carbonyl (C=O) groups excluding carboxylic acids is 1. The SMILES string of the molecule is CN=C(NCCNC(=O)C(C)C)N1CCN(Cc2ccc(Cl)cc2)CC1. The Hall–Kier alpha value is -1.79. The minimum absolute atomic E-state index is 0.0167. The van der Waals surface area contributed by atoms with Crippen molar-refractivity contribution in [1.82, 2.24) is 20.4 Å². The van der Waals surface area contributed by atoms with E-state index in [2.05, 4.69) is 37.6 Å². The standard InChI is InChI=1S/C19H30ClN5O/c1-15(2)18(26)22-8-9-23-19(21-3)25-12-10-24(11-13-25)14-16-4-6-17(20)7-5-16/h4-7,15H,8-14H2,1-3H3,(H,21,23)(H,22,26). The number of aliphatic imine (C=N–C) groups is 1. The molecular formula is C19H30ClN5O. The van der Waals surface area contributed by atoms with Crippen molar-refractivity contribution in [1.29, 1.82) is 0 Å². The van der Waals surface area contributed by atoms with Crippen LogP contribution >= 0.6 is 11.6 Å². The summed E-state index contributed by atoms with van der Waals surface area (Å²) >= 11 is 5.95. The molecule has 1 aliphatic rings. The van der Waals surface area contributed by atoms with E-state index in [9.17, 15) is 4.79 Å². The van der Waals surface area contributed by atoms with Gasteiger partial charge in [0.25, 0.3) is 0 Å². The monoisotopic (exact) mass is 379 g/mol. The third kappa shape index (κ3) is 6.50. The first-order chi connectivity index (χ1) is 12.5. The highest BCUT2D eigenvalue weighted by Crippen LogP contribution is 2.13. The molecular weight excluding hydrogens is 350 g/mol. The average Bonchev–Trinajstić information content (AvgIpc) is 2.64. The molecule has 1 amide bonds. The summed E-state index contributed by atoms with van der Waals surface area (Å²) in [5.41, 5.74) is 1.28. The largest absolute Gasteiger partial charge is 0.354 e. The highest BCUT2D eigenvalue weighted by Gasteiger charge is 2.19. The second-order valence-corrected chi connectivity index (χ2v) is 7.25. The van der Waals surface area contributed by atoms with E-state index >= 15 is 0 Å². The van der Waals surface area contributed by atoms with Crippen molar-refractivity contribution in [2.75, 3.05) is 46.3 Å². The predicted molar refractivity (Wildman–Crippen MR) is 108 cm³/mol. The van der Waals surface area contributed by atoms with E-state index in [1.165, 1.54) is 5.56 Å². The number of hydrogen-bond donors (Lipinski definition) is 2. The molecule has 1 fully saturated rings. The highest BCUT2D eigenvalue weighted by molar-refractivity contribution is 6.30. The molecule has 1 saturated heterocycles. The zero-order chi connectivity index (χ0) is 18.9. The van der Waals surface area contributed by atoms with E-state index in [1.807, 2.05) is 26.0 Å². The van der Waals surface area contributed by atoms with E-state index in [0.717, 1.165) is 43.7 Å². The van der Waals surface area contributed by atoms with Crippen LogP contribution in [-0.4, -0.2) is 68.0 Å². The van der Waals surface area contributed by atoms with E-state index in [-0.39, 0.29) is 11.8 Å². The first-order valence-electron chi connectivity index (χ1n) is 9.19. The van der Waals surface area contributed by atoms with E-state index < -0.39 is 0 Å². The summed E-state index contributed by atoms with van der Waals surface area (Å²) in [5.74, 6) is 0.996. The van der Waals surface area contributed by atoms with Crippen LogP contribution in [-0.2, 0) is 11.3 Å². The van der Waals surface area contributed by atoms with Gasteiger partial charge in [0.15, 0.2) is 5.96 Å². The van der Waals surface area contributed by atoms with Crippen molar-refractivity contribution in [2.45, 2.75) is 20.4 Å². The molecule has 7 heteroatoms. The minimum Gasteiger partial charge on any atom is -0.354 e. The Bertz CT molecular complexity index is 594. The fourth-order valence-electron chi connectivity index (χ4n) is 2.86. The number of rotatable bonds is 6. The fraction of sp³-hybridized carbons (Fsp3) is 0.579. The molecule has 0 atom stereocenters. The Morgan fingerprint density at radius 1 is 1.12 bits per heavy atom. The van der Waals surface area contributed by atoms with Crippen molar-refractivity contribution < 1.29 is 4.79 Å². The lowest BCUT2D eigenvalue weighted by Gasteiger charge is -2.36. The molecule has 6 nitrogen and oxygen atoms in total. The number of nitrogens with one attached hydrogen (secondary N) is 2. The second-order valence-electron chi connectivity index (χ2n) is 6.81. The van der Waals surface area contributed by atoms with Gasteiger partial charge in [-0.3, -0.25) is 14.7 Å². The summed E-state index contributed by atoms with van der Waals surface area (Å²) in [6, 6.07) is 8.05. The van der Waals surface area contributed by atoms with Crippen LogP contribution in [0, 0.1) is 5.92 Å². The maximum Gasteiger partial charge on any atom is 0.222 e. The lowest BCUT2D eigenvalue weighted by Crippen LogP contribution is -2.53. The Kier molecular flexibility index (Phi) is 8.19. The van der Waals surface area contributed by atoms with Gasteiger partial charge in [-0.25, -0.2) is 0 Å². The van der Waals surface area contributed by atoms with Crippen LogP contribution in [0.3, 0.4) is 0 Å². The van der Waals surface area contributed by atoms with Crippen LogP contribution in [0.2, 0.25) is 5.02 Å². The molecule has 2 rings (SSSR count).